The van der Waals surface area contributed by atoms with E-state index in [4.69, 9.17) is 23.8 Å². The van der Waals surface area contributed by atoms with Gasteiger partial charge in [-0.25, -0.2) is 0 Å². The summed E-state index contributed by atoms with van der Waals surface area (Å²) in [6.07, 6.45) is 0.904. The van der Waals surface area contributed by atoms with Gasteiger partial charge in [-0.2, -0.15) is 0 Å². The van der Waals surface area contributed by atoms with Gasteiger partial charge in [-0.15, -0.1) is 0 Å². The van der Waals surface area contributed by atoms with Crippen LogP contribution in [0.5, 0.6) is 0 Å². The molecule has 0 spiro atoms. The van der Waals surface area contributed by atoms with Crippen LogP contribution < -0.4 is 5.56 Å². The van der Waals surface area contributed by atoms with E-state index in [1.807, 2.05) is 6.07 Å². The van der Waals surface area contributed by atoms with Crippen molar-refractivity contribution in [2.75, 3.05) is 0 Å². The highest BCUT2D eigenvalue weighted by molar-refractivity contribution is 7.71. The molecule has 0 aliphatic heterocycles. The van der Waals surface area contributed by atoms with Crippen molar-refractivity contribution in [3.05, 3.63) is 61.2 Å². The smallest absolute Gasteiger partial charge is 0.255 e. The van der Waals surface area contributed by atoms with E-state index in [1.165, 1.54) is 0 Å². The number of nitrogens with one attached hydrogen (secondary N) is 2. The first-order valence-electron chi connectivity index (χ1n) is 5.15. The first-order valence-corrected chi connectivity index (χ1v) is 5.94. The topological polar surface area (TPSA) is 65.7 Å². The number of halogens is 1. The normalized spacial score (nSPS) is 10.3. The Morgan fingerprint density at radius 2 is 2.11 bits per heavy atom. The third kappa shape index (κ3) is 2.75. The minimum absolute atomic E-state index is 0.136. The van der Waals surface area contributed by atoms with Gasteiger partial charge < -0.3 is 4.98 Å². The van der Waals surface area contributed by atoms with E-state index >= 15 is 0 Å². The van der Waals surface area contributed by atoms with Gasteiger partial charge in [0.1, 0.15) is 0 Å². The number of hydrogen-bond donors (Lipinski definition) is 2. The number of aldehydes is 1. The second-order valence-electron chi connectivity index (χ2n) is 3.73. The highest BCUT2D eigenvalue weighted by Crippen LogP contribution is 2.13. The summed E-state index contributed by atoms with van der Waals surface area (Å²) in [6, 6.07) is 7.12. The fraction of sp³-hybridized carbons (Fsp3) is 0.0833. The minimum atomic E-state index is -0.360. The van der Waals surface area contributed by atoms with Crippen LogP contribution in [0.3, 0.4) is 0 Å². The molecule has 0 bridgehead atoms. The van der Waals surface area contributed by atoms with Gasteiger partial charge in [-0.1, -0.05) is 23.7 Å². The number of hydrogen-bond acceptors (Lipinski definition) is 3. The molecule has 1 aromatic heterocycles. The highest BCUT2D eigenvalue weighted by Gasteiger charge is 2.08. The zero-order valence-electron chi connectivity index (χ0n) is 9.20. The van der Waals surface area contributed by atoms with E-state index in [1.54, 1.807) is 18.2 Å². The zero-order chi connectivity index (χ0) is 13.1. The van der Waals surface area contributed by atoms with Gasteiger partial charge in [-0.3, -0.25) is 14.6 Å². The van der Waals surface area contributed by atoms with Crippen molar-refractivity contribution >= 4 is 30.1 Å². The van der Waals surface area contributed by atoms with Crippen molar-refractivity contribution in [2.45, 2.75) is 6.42 Å². The lowest BCUT2D eigenvalue weighted by Crippen LogP contribution is -2.18. The summed E-state index contributed by atoms with van der Waals surface area (Å²) in [5.74, 6) is 0. The van der Waals surface area contributed by atoms with E-state index in [9.17, 15) is 9.59 Å². The van der Waals surface area contributed by atoms with Crippen LogP contribution in [-0.2, 0) is 6.42 Å². The lowest BCUT2D eigenvalue weighted by Gasteiger charge is -2.04. The molecule has 0 fully saturated rings. The number of carbonyl (C=O) groups is 1. The van der Waals surface area contributed by atoms with Crippen LogP contribution in [-0.4, -0.2) is 16.3 Å². The average Bonchev–Trinajstić information content (AvgIpc) is 2.32. The van der Waals surface area contributed by atoms with Crippen molar-refractivity contribution in [3.63, 3.8) is 0 Å². The summed E-state index contributed by atoms with van der Waals surface area (Å²) in [5, 5.41) is 0.584. The Bertz CT molecular complexity index is 706. The van der Waals surface area contributed by atoms with Crippen LogP contribution in [0.1, 0.15) is 21.6 Å². The molecule has 0 saturated heterocycles. The quantitative estimate of drug-likeness (QED) is 0.670. The summed E-state index contributed by atoms with van der Waals surface area (Å²) in [6.45, 7) is 0. The molecule has 92 valence electrons. The Hall–Kier alpha value is -1.72. The van der Waals surface area contributed by atoms with E-state index in [-0.39, 0.29) is 16.0 Å². The van der Waals surface area contributed by atoms with Crippen molar-refractivity contribution < 1.29 is 4.79 Å². The largest absolute Gasteiger partial charge is 0.329 e. The van der Waals surface area contributed by atoms with E-state index in [0.717, 1.165) is 5.56 Å². The summed E-state index contributed by atoms with van der Waals surface area (Å²) >= 11 is 10.7. The second-order valence-corrected chi connectivity index (χ2v) is 4.57. The molecule has 2 rings (SSSR count). The van der Waals surface area contributed by atoms with Crippen molar-refractivity contribution in [1.82, 2.24) is 9.97 Å². The van der Waals surface area contributed by atoms with E-state index < -0.39 is 0 Å². The lowest BCUT2D eigenvalue weighted by atomic mass is 10.1. The standard InChI is InChI=1S/C12H9ClN2O2S/c13-8-3-1-2-7(4-8)5-9-10(6-16)14-12(18)15-11(9)17/h1-4,6H,5H2,(H2,14,15,17,18). The van der Waals surface area contributed by atoms with Gasteiger partial charge in [0.2, 0.25) is 0 Å². The zero-order valence-corrected chi connectivity index (χ0v) is 10.8. The lowest BCUT2D eigenvalue weighted by molar-refractivity contribution is 0.111. The Kier molecular flexibility index (Phi) is 3.74. The maximum absolute atomic E-state index is 11.8. The molecule has 1 heterocycles. The number of benzene rings is 1. The van der Waals surface area contributed by atoms with Crippen LogP contribution in [0.2, 0.25) is 5.02 Å². The van der Waals surface area contributed by atoms with Crippen molar-refractivity contribution in [1.29, 1.82) is 0 Å². The molecule has 2 aromatic rings. The van der Waals surface area contributed by atoms with E-state index in [2.05, 4.69) is 9.97 Å². The molecule has 4 nitrogen and oxygen atoms in total. The van der Waals surface area contributed by atoms with Crippen LogP contribution in [0.15, 0.2) is 29.1 Å². The first kappa shape index (κ1) is 12.7. The number of carbonyl (C=O) groups excluding carboxylic acids is 1. The molecule has 0 radical (unpaired) electrons. The SMILES string of the molecule is O=Cc1[nH]c(=S)[nH]c(=O)c1Cc1cccc(Cl)c1. The predicted octanol–water partition coefficient (Wildman–Crippen LogP) is 2.49. The molecule has 0 aliphatic rings. The van der Waals surface area contributed by atoms with Gasteiger partial charge in [0.05, 0.1) is 5.69 Å². The van der Waals surface area contributed by atoms with Gasteiger partial charge >= 0.3 is 0 Å². The monoisotopic (exact) mass is 280 g/mol. The van der Waals surface area contributed by atoms with Crippen molar-refractivity contribution in [3.8, 4) is 0 Å². The molecule has 1 aromatic carbocycles. The molecule has 0 aliphatic carbocycles. The second kappa shape index (κ2) is 5.29. The van der Waals surface area contributed by atoms with Gasteiger partial charge in [0.15, 0.2) is 11.1 Å². The van der Waals surface area contributed by atoms with Crippen molar-refractivity contribution in [2.24, 2.45) is 0 Å². The van der Waals surface area contributed by atoms with Gasteiger partial charge in [0.25, 0.3) is 5.56 Å². The van der Waals surface area contributed by atoms with Gasteiger partial charge in [0, 0.05) is 17.0 Å². The van der Waals surface area contributed by atoms with E-state index in [0.29, 0.717) is 23.3 Å². The maximum atomic E-state index is 11.8. The molecular weight excluding hydrogens is 272 g/mol. The maximum Gasteiger partial charge on any atom is 0.255 e. The summed E-state index contributed by atoms with van der Waals surface area (Å²) in [5.41, 5.74) is 1.03. The third-order valence-electron chi connectivity index (χ3n) is 2.46. The van der Waals surface area contributed by atoms with Crippen LogP contribution in [0.25, 0.3) is 0 Å². The molecule has 6 heteroatoms. The number of aromatic nitrogens is 2. The number of aromatic amines is 2. The number of rotatable bonds is 3. The first-order chi connectivity index (χ1) is 8.60. The number of H-pyrrole nitrogens is 2. The van der Waals surface area contributed by atoms with Gasteiger partial charge in [-0.05, 0) is 29.9 Å². The van der Waals surface area contributed by atoms with Crippen LogP contribution in [0.4, 0.5) is 0 Å². The molecule has 0 amide bonds. The fourth-order valence-corrected chi connectivity index (χ4v) is 2.07. The van der Waals surface area contributed by atoms with Crippen LogP contribution in [0, 0.1) is 4.77 Å². The average molecular weight is 281 g/mol. The summed E-state index contributed by atoms with van der Waals surface area (Å²) in [4.78, 5) is 27.8. The Morgan fingerprint density at radius 3 is 2.78 bits per heavy atom. The molecule has 0 atom stereocenters. The Balaban J connectivity index is 2.49. The third-order valence-corrected chi connectivity index (χ3v) is 2.90. The molecule has 0 saturated carbocycles. The predicted molar refractivity (Wildman–Crippen MR) is 71.9 cm³/mol. The Labute approximate surface area is 113 Å². The van der Waals surface area contributed by atoms with Crippen LogP contribution >= 0.6 is 23.8 Å². The molecular formula is C12H9ClN2O2S. The fourth-order valence-electron chi connectivity index (χ4n) is 1.66. The minimum Gasteiger partial charge on any atom is -0.329 e. The molecule has 0 unspecified atom stereocenters. The molecule has 2 N–H and O–H groups in total. The highest BCUT2D eigenvalue weighted by atomic mass is 35.5. The summed E-state index contributed by atoms with van der Waals surface area (Å²) < 4.78 is 0.136. The summed E-state index contributed by atoms with van der Waals surface area (Å²) in [7, 11) is 0. The Morgan fingerprint density at radius 1 is 1.33 bits per heavy atom. The molecule has 18 heavy (non-hydrogen) atoms.